The summed E-state index contributed by atoms with van der Waals surface area (Å²) < 4.78 is 0. The molecule has 1 aromatic carbocycles. The Balaban J connectivity index is 2.11. The standard InChI is InChI=1S/C15H21N5/c1-4-9-16-15-17-10-8-14(19-15)18-12-6-5-7-13(11-12)20(2)3/h5-8,10-11H,4,9H2,1-3H3,(H2,16,17,18,19). The first-order chi connectivity index (χ1) is 9.69. The first-order valence-corrected chi connectivity index (χ1v) is 6.80. The number of rotatable bonds is 6. The molecule has 0 radical (unpaired) electrons. The van der Waals surface area contributed by atoms with Crippen molar-refractivity contribution >= 4 is 23.1 Å². The minimum atomic E-state index is 0.653. The molecule has 2 N–H and O–H groups in total. The van der Waals surface area contributed by atoms with Crippen LogP contribution in [0.2, 0.25) is 0 Å². The molecule has 0 fully saturated rings. The van der Waals surface area contributed by atoms with Crippen LogP contribution in [0.25, 0.3) is 0 Å². The molecular formula is C15H21N5. The van der Waals surface area contributed by atoms with E-state index < -0.39 is 0 Å². The molecule has 5 heteroatoms. The van der Waals surface area contributed by atoms with Gasteiger partial charge in [0, 0.05) is 38.2 Å². The summed E-state index contributed by atoms with van der Waals surface area (Å²) in [6.07, 6.45) is 2.80. The number of hydrogen-bond acceptors (Lipinski definition) is 5. The monoisotopic (exact) mass is 271 g/mol. The van der Waals surface area contributed by atoms with Crippen LogP contribution in [0.1, 0.15) is 13.3 Å². The van der Waals surface area contributed by atoms with Gasteiger partial charge in [-0.2, -0.15) is 4.98 Å². The summed E-state index contributed by atoms with van der Waals surface area (Å²) in [5, 5.41) is 6.48. The van der Waals surface area contributed by atoms with Gasteiger partial charge in [0.05, 0.1) is 0 Å². The lowest BCUT2D eigenvalue weighted by atomic mass is 10.2. The van der Waals surface area contributed by atoms with Crippen molar-refractivity contribution in [1.29, 1.82) is 0 Å². The van der Waals surface area contributed by atoms with E-state index in [1.54, 1.807) is 6.20 Å². The van der Waals surface area contributed by atoms with Crippen LogP contribution in [0.3, 0.4) is 0 Å². The molecule has 0 aliphatic carbocycles. The summed E-state index contributed by atoms with van der Waals surface area (Å²) >= 11 is 0. The van der Waals surface area contributed by atoms with E-state index >= 15 is 0 Å². The maximum atomic E-state index is 4.43. The number of nitrogens with zero attached hydrogens (tertiary/aromatic N) is 3. The summed E-state index contributed by atoms with van der Waals surface area (Å²) in [4.78, 5) is 10.7. The van der Waals surface area contributed by atoms with E-state index in [0.717, 1.165) is 30.2 Å². The molecule has 0 aliphatic rings. The largest absolute Gasteiger partial charge is 0.378 e. The zero-order valence-electron chi connectivity index (χ0n) is 12.2. The Morgan fingerprint density at radius 2 is 2.05 bits per heavy atom. The normalized spacial score (nSPS) is 10.2. The molecular weight excluding hydrogens is 250 g/mol. The third kappa shape index (κ3) is 3.85. The molecule has 0 saturated carbocycles. The lowest BCUT2D eigenvalue weighted by Gasteiger charge is -2.14. The van der Waals surface area contributed by atoms with Crippen LogP contribution in [0.15, 0.2) is 36.5 Å². The average molecular weight is 271 g/mol. The minimum absolute atomic E-state index is 0.653. The maximum Gasteiger partial charge on any atom is 0.224 e. The van der Waals surface area contributed by atoms with Gasteiger partial charge in [0.2, 0.25) is 5.95 Å². The summed E-state index contributed by atoms with van der Waals surface area (Å²) in [6.45, 7) is 2.99. The van der Waals surface area contributed by atoms with Gasteiger partial charge in [-0.05, 0) is 30.7 Å². The highest BCUT2D eigenvalue weighted by molar-refractivity contribution is 5.63. The second kappa shape index (κ2) is 6.75. The average Bonchev–Trinajstić information content (AvgIpc) is 2.46. The quantitative estimate of drug-likeness (QED) is 0.845. The molecule has 1 aromatic heterocycles. The van der Waals surface area contributed by atoms with E-state index in [1.807, 2.05) is 32.3 Å². The van der Waals surface area contributed by atoms with Crippen molar-refractivity contribution in [1.82, 2.24) is 9.97 Å². The Morgan fingerprint density at radius 1 is 1.20 bits per heavy atom. The van der Waals surface area contributed by atoms with E-state index in [4.69, 9.17) is 0 Å². The van der Waals surface area contributed by atoms with Crippen molar-refractivity contribution in [3.63, 3.8) is 0 Å². The first-order valence-electron chi connectivity index (χ1n) is 6.80. The second-order valence-electron chi connectivity index (χ2n) is 4.76. The van der Waals surface area contributed by atoms with Crippen molar-refractivity contribution in [3.8, 4) is 0 Å². The minimum Gasteiger partial charge on any atom is -0.378 e. The van der Waals surface area contributed by atoms with Crippen LogP contribution in [-0.4, -0.2) is 30.6 Å². The van der Waals surface area contributed by atoms with Crippen LogP contribution in [0, 0.1) is 0 Å². The van der Waals surface area contributed by atoms with Gasteiger partial charge in [-0.25, -0.2) is 4.98 Å². The van der Waals surface area contributed by atoms with Gasteiger partial charge in [-0.1, -0.05) is 13.0 Å². The molecule has 2 rings (SSSR count). The van der Waals surface area contributed by atoms with Gasteiger partial charge < -0.3 is 15.5 Å². The fourth-order valence-corrected chi connectivity index (χ4v) is 1.76. The van der Waals surface area contributed by atoms with Crippen molar-refractivity contribution < 1.29 is 0 Å². The molecule has 0 unspecified atom stereocenters. The van der Waals surface area contributed by atoms with Crippen molar-refractivity contribution in [2.75, 3.05) is 36.2 Å². The lowest BCUT2D eigenvalue weighted by molar-refractivity contribution is 0.953. The predicted octanol–water partition coefficient (Wildman–Crippen LogP) is 3.11. The Bertz CT molecular complexity index is 553. The number of aromatic nitrogens is 2. The second-order valence-corrected chi connectivity index (χ2v) is 4.76. The summed E-state index contributed by atoms with van der Waals surface area (Å²) in [7, 11) is 4.05. The molecule has 0 aliphatic heterocycles. The van der Waals surface area contributed by atoms with Crippen LogP contribution < -0.4 is 15.5 Å². The number of nitrogens with one attached hydrogen (secondary N) is 2. The molecule has 106 valence electrons. The Labute approximate surface area is 120 Å². The Hall–Kier alpha value is -2.30. The molecule has 5 nitrogen and oxygen atoms in total. The molecule has 20 heavy (non-hydrogen) atoms. The highest BCUT2D eigenvalue weighted by Crippen LogP contribution is 2.20. The van der Waals surface area contributed by atoms with Crippen molar-refractivity contribution in [2.24, 2.45) is 0 Å². The molecule has 0 amide bonds. The van der Waals surface area contributed by atoms with Crippen LogP contribution in [-0.2, 0) is 0 Å². The number of hydrogen-bond donors (Lipinski definition) is 2. The summed E-state index contributed by atoms with van der Waals surface area (Å²) in [5.74, 6) is 1.44. The molecule has 0 bridgehead atoms. The van der Waals surface area contributed by atoms with Gasteiger partial charge in [0.1, 0.15) is 5.82 Å². The van der Waals surface area contributed by atoms with Crippen LogP contribution in [0.4, 0.5) is 23.1 Å². The fraction of sp³-hybridized carbons (Fsp3) is 0.333. The number of benzene rings is 1. The highest BCUT2D eigenvalue weighted by atomic mass is 15.1. The lowest BCUT2D eigenvalue weighted by Crippen LogP contribution is -2.09. The zero-order valence-corrected chi connectivity index (χ0v) is 12.2. The van der Waals surface area contributed by atoms with Gasteiger partial charge in [0.25, 0.3) is 0 Å². The summed E-state index contributed by atoms with van der Waals surface area (Å²) in [5.41, 5.74) is 2.16. The smallest absolute Gasteiger partial charge is 0.224 e. The third-order valence-corrected chi connectivity index (χ3v) is 2.82. The topological polar surface area (TPSA) is 53.1 Å². The predicted molar refractivity (Wildman–Crippen MR) is 84.9 cm³/mol. The first kappa shape index (κ1) is 14.1. The Morgan fingerprint density at radius 3 is 2.80 bits per heavy atom. The third-order valence-electron chi connectivity index (χ3n) is 2.82. The maximum absolute atomic E-state index is 4.43. The van der Waals surface area contributed by atoms with E-state index in [0.29, 0.717) is 5.95 Å². The van der Waals surface area contributed by atoms with Gasteiger partial charge in [-0.15, -0.1) is 0 Å². The fourth-order valence-electron chi connectivity index (χ4n) is 1.76. The number of anilines is 4. The molecule has 1 heterocycles. The molecule has 0 saturated heterocycles. The van der Waals surface area contributed by atoms with Crippen LogP contribution >= 0.6 is 0 Å². The molecule has 2 aromatic rings. The van der Waals surface area contributed by atoms with Gasteiger partial charge >= 0.3 is 0 Å². The van der Waals surface area contributed by atoms with Crippen molar-refractivity contribution in [3.05, 3.63) is 36.5 Å². The van der Waals surface area contributed by atoms with E-state index in [1.165, 1.54) is 0 Å². The van der Waals surface area contributed by atoms with Crippen molar-refractivity contribution in [2.45, 2.75) is 13.3 Å². The SMILES string of the molecule is CCCNc1nccc(Nc2cccc(N(C)C)c2)n1. The zero-order chi connectivity index (χ0) is 14.4. The van der Waals surface area contributed by atoms with E-state index in [-0.39, 0.29) is 0 Å². The van der Waals surface area contributed by atoms with Gasteiger partial charge in [0.15, 0.2) is 0 Å². The molecule has 0 atom stereocenters. The van der Waals surface area contributed by atoms with E-state index in [9.17, 15) is 0 Å². The van der Waals surface area contributed by atoms with Crippen LogP contribution in [0.5, 0.6) is 0 Å². The highest BCUT2D eigenvalue weighted by Gasteiger charge is 2.01. The Kier molecular flexibility index (Phi) is 4.76. The molecule has 0 spiro atoms. The van der Waals surface area contributed by atoms with E-state index in [2.05, 4.69) is 44.6 Å². The van der Waals surface area contributed by atoms with Gasteiger partial charge in [-0.3, -0.25) is 0 Å². The summed E-state index contributed by atoms with van der Waals surface area (Å²) in [6, 6.07) is 10.1.